The second-order valence-corrected chi connectivity index (χ2v) is 8.29. The van der Waals surface area contributed by atoms with E-state index in [1.165, 1.54) is 17.4 Å². The highest BCUT2D eigenvalue weighted by Gasteiger charge is 2.28. The number of hydrogen-bond acceptors (Lipinski definition) is 5. The molecule has 1 saturated carbocycles. The van der Waals surface area contributed by atoms with Crippen LogP contribution in [0.2, 0.25) is 0 Å². The second kappa shape index (κ2) is 7.47. The van der Waals surface area contributed by atoms with Gasteiger partial charge in [0.2, 0.25) is 0 Å². The van der Waals surface area contributed by atoms with Crippen molar-refractivity contribution in [3.8, 4) is 5.75 Å². The number of ether oxygens (including phenoxy) is 1. The monoisotopic (exact) mass is 399 g/mol. The summed E-state index contributed by atoms with van der Waals surface area (Å²) in [7, 11) is 0. The van der Waals surface area contributed by atoms with Crippen LogP contribution in [-0.2, 0) is 0 Å². The molecule has 0 saturated heterocycles. The van der Waals surface area contributed by atoms with E-state index in [2.05, 4.69) is 15.3 Å². The highest BCUT2D eigenvalue weighted by atomic mass is 32.1. The van der Waals surface area contributed by atoms with Crippen LogP contribution in [0, 0.1) is 19.7 Å². The summed E-state index contributed by atoms with van der Waals surface area (Å²) in [5, 5.41) is 3.90. The fraction of sp³-hybridized carbons (Fsp3) is 0.381. The zero-order chi connectivity index (χ0) is 19.8. The molecular formula is C21H22FN3O2S. The minimum atomic E-state index is -0.415. The Balaban J connectivity index is 1.48. The molecule has 1 aliphatic rings. The van der Waals surface area contributed by atoms with Gasteiger partial charge in [0, 0.05) is 11.3 Å². The lowest BCUT2D eigenvalue weighted by atomic mass is 10.1. The molecule has 7 heteroatoms. The summed E-state index contributed by atoms with van der Waals surface area (Å²) in [6.45, 7) is 5.92. The Bertz CT molecular complexity index is 1050. The lowest BCUT2D eigenvalue weighted by Crippen LogP contribution is -2.36. The van der Waals surface area contributed by atoms with Crippen molar-refractivity contribution in [1.82, 2.24) is 15.3 Å². The molecule has 1 unspecified atom stereocenters. The lowest BCUT2D eigenvalue weighted by Gasteiger charge is -2.15. The van der Waals surface area contributed by atoms with Crippen LogP contribution in [0.5, 0.6) is 5.75 Å². The molecule has 1 atom stereocenters. The largest absolute Gasteiger partial charge is 0.488 e. The zero-order valence-electron chi connectivity index (χ0n) is 16.1. The first-order valence-electron chi connectivity index (χ1n) is 9.40. The minimum Gasteiger partial charge on any atom is -0.488 e. The van der Waals surface area contributed by atoms with Gasteiger partial charge < -0.3 is 10.1 Å². The van der Waals surface area contributed by atoms with Crippen LogP contribution in [0.1, 0.15) is 52.4 Å². The van der Waals surface area contributed by atoms with Crippen molar-refractivity contribution in [2.45, 2.75) is 45.6 Å². The average Bonchev–Trinajstić information content (AvgIpc) is 3.45. The molecule has 2 aromatic heterocycles. The molecule has 0 aliphatic heterocycles. The van der Waals surface area contributed by atoms with Gasteiger partial charge in [-0.3, -0.25) is 4.79 Å². The molecule has 1 aromatic carbocycles. The van der Waals surface area contributed by atoms with Crippen molar-refractivity contribution in [3.63, 3.8) is 0 Å². The number of para-hydroxylation sites is 1. The predicted octanol–water partition coefficient (Wildman–Crippen LogP) is 4.52. The Kier molecular flexibility index (Phi) is 5.02. The molecule has 5 nitrogen and oxygen atoms in total. The topological polar surface area (TPSA) is 64.1 Å². The Hall–Kier alpha value is -2.54. The van der Waals surface area contributed by atoms with Gasteiger partial charge in [0.15, 0.2) is 11.6 Å². The van der Waals surface area contributed by atoms with Crippen molar-refractivity contribution >= 4 is 27.5 Å². The van der Waals surface area contributed by atoms with Crippen LogP contribution in [0.25, 0.3) is 10.2 Å². The number of aromatic nitrogens is 2. The van der Waals surface area contributed by atoms with E-state index in [1.807, 2.05) is 20.8 Å². The predicted molar refractivity (Wildman–Crippen MR) is 108 cm³/mol. The SMILES string of the molecule is Cc1nc(C2CC2)nc2sc(C(=O)NC(C)COc3ccccc3F)c(C)c12. The molecule has 1 aliphatic carbocycles. The van der Waals surface area contributed by atoms with Gasteiger partial charge in [-0.15, -0.1) is 11.3 Å². The molecule has 1 amide bonds. The molecule has 1 fully saturated rings. The van der Waals surface area contributed by atoms with Gasteiger partial charge in [-0.05, 0) is 51.3 Å². The van der Waals surface area contributed by atoms with Gasteiger partial charge in [-0.2, -0.15) is 0 Å². The summed E-state index contributed by atoms with van der Waals surface area (Å²) >= 11 is 1.40. The van der Waals surface area contributed by atoms with Crippen molar-refractivity contribution in [2.75, 3.05) is 6.61 Å². The number of thiophene rings is 1. The van der Waals surface area contributed by atoms with Crippen molar-refractivity contribution in [2.24, 2.45) is 0 Å². The fourth-order valence-electron chi connectivity index (χ4n) is 3.21. The molecule has 2 heterocycles. The fourth-order valence-corrected chi connectivity index (χ4v) is 4.35. The number of fused-ring (bicyclic) bond motifs is 1. The number of carbonyl (C=O) groups is 1. The van der Waals surface area contributed by atoms with E-state index in [1.54, 1.807) is 18.2 Å². The normalized spacial score (nSPS) is 14.9. The maximum Gasteiger partial charge on any atom is 0.262 e. The standard InChI is InChI=1S/C21H22FN3O2S/c1-11(10-27-16-7-5-4-6-15(16)22)23-20(26)18-12(2)17-13(3)24-19(14-8-9-14)25-21(17)28-18/h4-7,11,14H,8-10H2,1-3H3,(H,23,26). The van der Waals surface area contributed by atoms with E-state index < -0.39 is 5.82 Å². The van der Waals surface area contributed by atoms with Gasteiger partial charge in [-0.1, -0.05) is 12.1 Å². The number of nitrogens with zero attached hydrogens (tertiary/aromatic N) is 2. The van der Waals surface area contributed by atoms with Gasteiger partial charge in [0.1, 0.15) is 17.3 Å². The first-order valence-corrected chi connectivity index (χ1v) is 10.2. The van der Waals surface area contributed by atoms with Gasteiger partial charge in [0.25, 0.3) is 5.91 Å². The Morgan fingerprint density at radius 1 is 1.32 bits per heavy atom. The first kappa shape index (κ1) is 18.8. The summed E-state index contributed by atoms with van der Waals surface area (Å²) < 4.78 is 19.1. The van der Waals surface area contributed by atoms with Crippen molar-refractivity contribution in [3.05, 3.63) is 52.0 Å². The van der Waals surface area contributed by atoms with Gasteiger partial charge in [0.05, 0.1) is 16.6 Å². The number of aryl methyl sites for hydroxylation is 2. The van der Waals surface area contributed by atoms with E-state index in [9.17, 15) is 9.18 Å². The molecule has 0 spiro atoms. The highest BCUT2D eigenvalue weighted by molar-refractivity contribution is 7.20. The molecule has 0 bridgehead atoms. The molecule has 1 N–H and O–H groups in total. The Labute approximate surface area is 167 Å². The second-order valence-electron chi connectivity index (χ2n) is 7.29. The maximum absolute atomic E-state index is 13.6. The smallest absolute Gasteiger partial charge is 0.262 e. The number of amides is 1. The molecule has 0 radical (unpaired) electrons. The maximum atomic E-state index is 13.6. The summed E-state index contributed by atoms with van der Waals surface area (Å²) in [5.74, 6) is 0.961. The zero-order valence-corrected chi connectivity index (χ0v) is 16.9. The lowest BCUT2D eigenvalue weighted by molar-refractivity contribution is 0.0930. The van der Waals surface area contributed by atoms with Crippen LogP contribution in [0.15, 0.2) is 24.3 Å². The molecule has 4 rings (SSSR count). The highest BCUT2D eigenvalue weighted by Crippen LogP contribution is 2.40. The van der Waals surface area contributed by atoms with Crippen LogP contribution in [-0.4, -0.2) is 28.5 Å². The average molecular weight is 399 g/mol. The summed E-state index contributed by atoms with van der Waals surface area (Å²) in [4.78, 5) is 23.6. The molecule has 28 heavy (non-hydrogen) atoms. The number of halogens is 1. The third kappa shape index (κ3) is 3.71. The Morgan fingerprint density at radius 3 is 2.79 bits per heavy atom. The van der Waals surface area contributed by atoms with E-state index in [-0.39, 0.29) is 24.3 Å². The minimum absolute atomic E-state index is 0.169. The van der Waals surface area contributed by atoms with Gasteiger partial charge >= 0.3 is 0 Å². The quantitative estimate of drug-likeness (QED) is 0.662. The first-order chi connectivity index (χ1) is 13.4. The molecule has 3 aromatic rings. The van der Waals surface area contributed by atoms with E-state index in [0.717, 1.165) is 40.1 Å². The Morgan fingerprint density at radius 2 is 2.07 bits per heavy atom. The molecular weight excluding hydrogens is 377 g/mol. The summed E-state index contributed by atoms with van der Waals surface area (Å²) in [5.41, 5.74) is 1.83. The number of hydrogen-bond donors (Lipinski definition) is 1. The van der Waals surface area contributed by atoms with Crippen LogP contribution in [0.4, 0.5) is 4.39 Å². The summed E-state index contributed by atoms with van der Waals surface area (Å²) in [6.07, 6.45) is 2.28. The van der Waals surface area contributed by atoms with Crippen LogP contribution < -0.4 is 10.1 Å². The third-order valence-electron chi connectivity index (χ3n) is 4.84. The van der Waals surface area contributed by atoms with Crippen molar-refractivity contribution in [1.29, 1.82) is 0 Å². The number of rotatable bonds is 6. The van der Waals surface area contributed by atoms with E-state index >= 15 is 0 Å². The summed E-state index contributed by atoms with van der Waals surface area (Å²) in [6, 6.07) is 5.96. The number of nitrogens with one attached hydrogen (secondary N) is 1. The third-order valence-corrected chi connectivity index (χ3v) is 6.02. The number of carbonyl (C=O) groups excluding carboxylic acids is 1. The van der Waals surface area contributed by atoms with E-state index in [0.29, 0.717) is 10.8 Å². The number of benzene rings is 1. The van der Waals surface area contributed by atoms with Crippen LogP contribution in [0.3, 0.4) is 0 Å². The van der Waals surface area contributed by atoms with E-state index in [4.69, 9.17) is 4.74 Å². The van der Waals surface area contributed by atoms with Gasteiger partial charge in [-0.25, -0.2) is 14.4 Å². The van der Waals surface area contributed by atoms with Crippen molar-refractivity contribution < 1.29 is 13.9 Å². The van der Waals surface area contributed by atoms with Crippen LogP contribution >= 0.6 is 11.3 Å². The molecule has 146 valence electrons.